The molecule has 0 amide bonds. The van der Waals surface area contributed by atoms with E-state index in [1.54, 1.807) is 11.9 Å². The van der Waals surface area contributed by atoms with Crippen LogP contribution in [0.15, 0.2) is 24.3 Å². The fourth-order valence-corrected chi connectivity index (χ4v) is 3.16. The van der Waals surface area contributed by atoms with E-state index in [4.69, 9.17) is 4.74 Å². The molecule has 1 atom stereocenters. The number of hydrogen-bond donors (Lipinski definition) is 0. The second-order valence-electron chi connectivity index (χ2n) is 4.95. The van der Waals surface area contributed by atoms with Crippen molar-refractivity contribution >= 4 is 17.7 Å². The first-order valence-corrected chi connectivity index (χ1v) is 7.84. The molecule has 0 spiro atoms. The minimum absolute atomic E-state index is 0.182. The van der Waals surface area contributed by atoms with E-state index < -0.39 is 5.60 Å². The zero-order valence-electron chi connectivity index (χ0n) is 11.8. The molecule has 3 nitrogen and oxygen atoms in total. The van der Waals surface area contributed by atoms with E-state index in [0.717, 1.165) is 24.2 Å². The van der Waals surface area contributed by atoms with Crippen molar-refractivity contribution < 1.29 is 9.53 Å². The van der Waals surface area contributed by atoms with Crippen LogP contribution in [0.3, 0.4) is 0 Å². The highest BCUT2D eigenvalue weighted by Gasteiger charge is 2.36. The fourth-order valence-electron chi connectivity index (χ4n) is 2.53. The Labute approximate surface area is 119 Å². The van der Waals surface area contributed by atoms with E-state index in [1.807, 2.05) is 31.2 Å². The Morgan fingerprint density at radius 1 is 1.47 bits per heavy atom. The van der Waals surface area contributed by atoms with Crippen LogP contribution in [0.1, 0.15) is 36.2 Å². The van der Waals surface area contributed by atoms with Gasteiger partial charge in [-0.05, 0) is 18.7 Å². The van der Waals surface area contributed by atoms with Crippen LogP contribution in [0.25, 0.3) is 0 Å². The lowest BCUT2D eigenvalue weighted by atomic mass is 9.88. The molecule has 1 saturated heterocycles. The molecule has 1 fully saturated rings. The lowest BCUT2D eigenvalue weighted by molar-refractivity contribution is -0.0799. The van der Waals surface area contributed by atoms with E-state index in [1.165, 1.54) is 0 Å². The number of benzene rings is 1. The molecule has 2 rings (SSSR count). The quantitative estimate of drug-likeness (QED) is 0.625. The first-order valence-electron chi connectivity index (χ1n) is 6.66. The predicted octanol–water partition coefficient (Wildman–Crippen LogP) is 3.10. The molecule has 4 heteroatoms. The van der Waals surface area contributed by atoms with Crippen molar-refractivity contribution in [1.29, 1.82) is 0 Å². The lowest BCUT2D eigenvalue weighted by Gasteiger charge is -2.40. The SMILES string of the molecule is CCC(=O)c1ccccc1C1(C)CN(SC)CCO1. The van der Waals surface area contributed by atoms with E-state index in [0.29, 0.717) is 13.0 Å². The Morgan fingerprint density at radius 2 is 2.21 bits per heavy atom. The molecule has 19 heavy (non-hydrogen) atoms. The van der Waals surface area contributed by atoms with Crippen molar-refractivity contribution in [2.24, 2.45) is 0 Å². The van der Waals surface area contributed by atoms with Gasteiger partial charge in [0.15, 0.2) is 5.78 Å². The van der Waals surface area contributed by atoms with Crippen molar-refractivity contribution in [2.75, 3.05) is 26.0 Å². The van der Waals surface area contributed by atoms with Crippen LogP contribution in [-0.2, 0) is 10.3 Å². The average Bonchev–Trinajstić information content (AvgIpc) is 2.46. The average molecular weight is 279 g/mol. The number of hydrogen-bond acceptors (Lipinski definition) is 4. The predicted molar refractivity (Wildman–Crippen MR) is 79.5 cm³/mol. The molecule has 0 aromatic heterocycles. The number of morpholine rings is 1. The highest BCUT2D eigenvalue weighted by molar-refractivity contribution is 7.96. The number of nitrogens with zero attached hydrogens (tertiary/aromatic N) is 1. The van der Waals surface area contributed by atoms with Crippen LogP contribution in [0.2, 0.25) is 0 Å². The van der Waals surface area contributed by atoms with Gasteiger partial charge in [0, 0.05) is 25.1 Å². The number of carbonyl (C=O) groups excluding carboxylic acids is 1. The van der Waals surface area contributed by atoms with E-state index >= 15 is 0 Å². The van der Waals surface area contributed by atoms with E-state index in [-0.39, 0.29) is 5.78 Å². The largest absolute Gasteiger partial charge is 0.368 e. The van der Waals surface area contributed by atoms with Gasteiger partial charge in [-0.15, -0.1) is 0 Å². The maximum absolute atomic E-state index is 12.1. The Kier molecular flexibility index (Phi) is 4.66. The third-order valence-electron chi connectivity index (χ3n) is 3.62. The minimum atomic E-state index is -0.400. The summed E-state index contributed by atoms with van der Waals surface area (Å²) in [5.41, 5.74) is 1.42. The van der Waals surface area contributed by atoms with E-state index in [9.17, 15) is 4.79 Å². The molecule has 0 aliphatic carbocycles. The normalized spacial score (nSPS) is 24.4. The van der Waals surface area contributed by atoms with Gasteiger partial charge in [-0.2, -0.15) is 0 Å². The molecule has 0 bridgehead atoms. The topological polar surface area (TPSA) is 29.5 Å². The van der Waals surface area contributed by atoms with Crippen LogP contribution in [0.4, 0.5) is 0 Å². The van der Waals surface area contributed by atoms with Gasteiger partial charge >= 0.3 is 0 Å². The van der Waals surface area contributed by atoms with Gasteiger partial charge in [0.05, 0.1) is 6.61 Å². The van der Waals surface area contributed by atoms with Crippen LogP contribution in [0.5, 0.6) is 0 Å². The maximum Gasteiger partial charge on any atom is 0.162 e. The van der Waals surface area contributed by atoms with E-state index in [2.05, 4.69) is 17.5 Å². The second-order valence-corrected chi connectivity index (χ2v) is 5.83. The number of Topliss-reactive ketones (excluding diaryl/α,β-unsaturated/α-hetero) is 1. The van der Waals surface area contributed by atoms with Crippen LogP contribution < -0.4 is 0 Å². The summed E-state index contributed by atoms with van der Waals surface area (Å²) >= 11 is 1.73. The fraction of sp³-hybridized carbons (Fsp3) is 0.533. The van der Waals surface area contributed by atoms with Crippen molar-refractivity contribution in [3.63, 3.8) is 0 Å². The van der Waals surface area contributed by atoms with Crippen molar-refractivity contribution in [1.82, 2.24) is 4.31 Å². The summed E-state index contributed by atoms with van der Waals surface area (Å²) in [7, 11) is 0. The monoisotopic (exact) mass is 279 g/mol. The van der Waals surface area contributed by atoms with Gasteiger partial charge in [0.1, 0.15) is 5.60 Å². The van der Waals surface area contributed by atoms with Gasteiger partial charge in [-0.1, -0.05) is 43.1 Å². The Hall–Kier alpha value is -0.840. The molecule has 0 radical (unpaired) electrons. The summed E-state index contributed by atoms with van der Waals surface area (Å²) in [4.78, 5) is 12.1. The summed E-state index contributed by atoms with van der Waals surface area (Å²) < 4.78 is 8.30. The molecule has 1 aromatic rings. The summed E-state index contributed by atoms with van der Waals surface area (Å²) in [6, 6.07) is 7.83. The standard InChI is InChI=1S/C15H21NO2S/c1-4-14(17)12-7-5-6-8-13(12)15(2)11-16(19-3)9-10-18-15/h5-8H,4,9-11H2,1-3H3. The van der Waals surface area contributed by atoms with Crippen LogP contribution in [0, 0.1) is 0 Å². The molecule has 104 valence electrons. The Balaban J connectivity index is 2.37. The van der Waals surface area contributed by atoms with Crippen molar-refractivity contribution in [3.05, 3.63) is 35.4 Å². The van der Waals surface area contributed by atoms with Crippen LogP contribution in [-0.4, -0.2) is 36.0 Å². The molecule has 1 aliphatic heterocycles. The zero-order chi connectivity index (χ0) is 13.9. The molecule has 1 unspecified atom stereocenters. The second kappa shape index (κ2) is 6.07. The molecular weight excluding hydrogens is 258 g/mol. The summed E-state index contributed by atoms with van der Waals surface area (Å²) in [5.74, 6) is 0.182. The molecule has 1 heterocycles. The van der Waals surface area contributed by atoms with Crippen molar-refractivity contribution in [2.45, 2.75) is 25.9 Å². The molecule has 1 aromatic carbocycles. The third kappa shape index (κ3) is 3.02. The summed E-state index contributed by atoms with van der Waals surface area (Å²) in [6.45, 7) is 6.42. The molecule has 1 aliphatic rings. The first kappa shape index (κ1) is 14.6. The van der Waals surface area contributed by atoms with Gasteiger partial charge in [-0.25, -0.2) is 4.31 Å². The van der Waals surface area contributed by atoms with Crippen LogP contribution >= 0.6 is 11.9 Å². The van der Waals surface area contributed by atoms with Gasteiger partial charge in [-0.3, -0.25) is 4.79 Å². The highest BCUT2D eigenvalue weighted by Crippen LogP contribution is 2.33. The first-order chi connectivity index (χ1) is 9.10. The number of ether oxygens (including phenoxy) is 1. The zero-order valence-corrected chi connectivity index (χ0v) is 12.6. The smallest absolute Gasteiger partial charge is 0.162 e. The summed E-state index contributed by atoms with van der Waals surface area (Å²) in [5, 5.41) is 0. The van der Waals surface area contributed by atoms with Gasteiger partial charge in [0.25, 0.3) is 0 Å². The highest BCUT2D eigenvalue weighted by atomic mass is 32.2. The van der Waals surface area contributed by atoms with Crippen molar-refractivity contribution in [3.8, 4) is 0 Å². The minimum Gasteiger partial charge on any atom is -0.368 e. The molecular formula is C15H21NO2S. The molecule has 0 N–H and O–H groups in total. The Morgan fingerprint density at radius 3 is 2.89 bits per heavy atom. The number of carbonyl (C=O) groups is 1. The number of rotatable bonds is 4. The third-order valence-corrected chi connectivity index (χ3v) is 4.44. The lowest BCUT2D eigenvalue weighted by Crippen LogP contribution is -2.45. The van der Waals surface area contributed by atoms with Gasteiger partial charge in [0.2, 0.25) is 0 Å². The number of ketones is 1. The maximum atomic E-state index is 12.1. The Bertz CT molecular complexity index is 463. The summed E-state index contributed by atoms with van der Waals surface area (Å²) in [6.07, 6.45) is 2.61. The van der Waals surface area contributed by atoms with Gasteiger partial charge < -0.3 is 4.74 Å². The molecule has 0 saturated carbocycles.